The molecular formula is C16H19F2N. The molecule has 2 aromatic rings. The van der Waals surface area contributed by atoms with Crippen LogP contribution in [0.4, 0.5) is 14.5 Å². The zero-order chi connectivity index (χ0) is 14.4. The third kappa shape index (κ3) is 2.29. The number of anilines is 1. The van der Waals surface area contributed by atoms with E-state index in [1.807, 2.05) is 33.8 Å². The van der Waals surface area contributed by atoms with Crippen molar-refractivity contribution in [2.75, 3.05) is 5.73 Å². The molecule has 0 unspecified atom stereocenters. The van der Waals surface area contributed by atoms with Crippen LogP contribution in [0.25, 0.3) is 10.8 Å². The van der Waals surface area contributed by atoms with Crippen LogP contribution in [0.3, 0.4) is 0 Å². The third-order valence-corrected chi connectivity index (χ3v) is 3.41. The van der Waals surface area contributed by atoms with Gasteiger partial charge in [-0.15, -0.1) is 0 Å². The first-order valence-electron chi connectivity index (χ1n) is 6.46. The van der Waals surface area contributed by atoms with Gasteiger partial charge in [0.15, 0.2) is 11.6 Å². The topological polar surface area (TPSA) is 26.0 Å². The largest absolute Gasteiger partial charge is 0.399 e. The van der Waals surface area contributed by atoms with Gasteiger partial charge in [0.2, 0.25) is 0 Å². The number of halogens is 2. The van der Waals surface area contributed by atoms with Crippen LogP contribution in [0.1, 0.15) is 38.8 Å². The lowest BCUT2D eigenvalue weighted by atomic mass is 9.81. The van der Waals surface area contributed by atoms with Gasteiger partial charge in [-0.2, -0.15) is 0 Å². The van der Waals surface area contributed by atoms with Gasteiger partial charge in [-0.05, 0) is 51.9 Å². The number of nitrogens with two attached hydrogens (primary N) is 1. The maximum atomic E-state index is 14.0. The molecule has 0 radical (unpaired) electrons. The molecule has 0 aromatic heterocycles. The first-order chi connectivity index (χ1) is 8.75. The molecule has 2 N–H and O–H groups in total. The van der Waals surface area contributed by atoms with Crippen molar-refractivity contribution in [2.24, 2.45) is 0 Å². The van der Waals surface area contributed by atoms with E-state index in [4.69, 9.17) is 5.73 Å². The van der Waals surface area contributed by atoms with E-state index in [-0.39, 0.29) is 5.41 Å². The van der Waals surface area contributed by atoms with Crippen LogP contribution in [-0.4, -0.2) is 0 Å². The zero-order valence-corrected chi connectivity index (χ0v) is 11.8. The van der Waals surface area contributed by atoms with Crippen LogP contribution in [0.5, 0.6) is 0 Å². The molecule has 0 aliphatic heterocycles. The van der Waals surface area contributed by atoms with Crippen molar-refractivity contribution in [3.63, 3.8) is 0 Å². The predicted octanol–water partition coefficient (Wildman–Crippen LogP) is 4.56. The summed E-state index contributed by atoms with van der Waals surface area (Å²) in [7, 11) is 0. The lowest BCUT2D eigenvalue weighted by Gasteiger charge is -2.24. The lowest BCUT2D eigenvalue weighted by Crippen LogP contribution is -2.14. The smallest absolute Gasteiger partial charge is 0.162 e. The summed E-state index contributed by atoms with van der Waals surface area (Å²) in [6.45, 7) is 7.96. The molecule has 0 fully saturated rings. The molecule has 0 bridgehead atoms. The molecule has 3 heteroatoms. The van der Waals surface area contributed by atoms with Crippen molar-refractivity contribution in [1.82, 2.24) is 0 Å². The normalized spacial score (nSPS) is 12.1. The quantitative estimate of drug-likeness (QED) is 0.750. The number of benzene rings is 2. The first kappa shape index (κ1) is 13.8. The van der Waals surface area contributed by atoms with Crippen molar-refractivity contribution >= 4 is 16.5 Å². The Morgan fingerprint density at radius 3 is 2.26 bits per heavy atom. The van der Waals surface area contributed by atoms with E-state index in [2.05, 4.69) is 0 Å². The van der Waals surface area contributed by atoms with Crippen LogP contribution in [0.2, 0.25) is 0 Å². The van der Waals surface area contributed by atoms with Gasteiger partial charge in [-0.1, -0.05) is 27.7 Å². The van der Waals surface area contributed by atoms with Gasteiger partial charge < -0.3 is 5.73 Å². The van der Waals surface area contributed by atoms with Crippen molar-refractivity contribution < 1.29 is 8.78 Å². The number of hydrogen-bond acceptors (Lipinski definition) is 1. The molecule has 0 spiro atoms. The van der Waals surface area contributed by atoms with Crippen LogP contribution in [0, 0.1) is 11.6 Å². The highest BCUT2D eigenvalue weighted by Gasteiger charge is 2.22. The van der Waals surface area contributed by atoms with Gasteiger partial charge in [0.25, 0.3) is 0 Å². The molecule has 0 saturated carbocycles. The van der Waals surface area contributed by atoms with Crippen LogP contribution >= 0.6 is 0 Å². The molecule has 102 valence electrons. The van der Waals surface area contributed by atoms with Gasteiger partial charge in [-0.25, -0.2) is 8.78 Å². The minimum absolute atomic E-state index is 0.179. The number of rotatable bonds is 1. The van der Waals surface area contributed by atoms with E-state index in [0.29, 0.717) is 23.1 Å². The molecule has 0 aliphatic rings. The van der Waals surface area contributed by atoms with Crippen LogP contribution in [0.15, 0.2) is 18.2 Å². The molecule has 0 heterocycles. The van der Waals surface area contributed by atoms with Crippen molar-refractivity contribution in [3.05, 3.63) is 41.0 Å². The Kier molecular flexibility index (Phi) is 3.25. The highest BCUT2D eigenvalue weighted by molar-refractivity contribution is 5.92. The summed E-state index contributed by atoms with van der Waals surface area (Å²) >= 11 is 0. The molecular weight excluding hydrogens is 244 g/mol. The SMILES string of the molecule is CCc1c(F)c(F)cc2cc(N)cc(C(C)(C)C)c12. The van der Waals surface area contributed by atoms with E-state index in [1.165, 1.54) is 6.07 Å². The second-order valence-corrected chi connectivity index (χ2v) is 5.92. The number of aryl methyl sites for hydroxylation is 1. The standard InChI is InChI=1S/C16H19F2N/c1-5-11-14-9(7-13(17)15(11)18)6-10(19)8-12(14)16(2,3)4/h6-8H,5,19H2,1-4H3. The van der Waals surface area contributed by atoms with Gasteiger partial charge in [0, 0.05) is 5.69 Å². The fourth-order valence-electron chi connectivity index (χ4n) is 2.52. The van der Waals surface area contributed by atoms with Crippen molar-refractivity contribution in [3.8, 4) is 0 Å². The van der Waals surface area contributed by atoms with E-state index in [9.17, 15) is 8.78 Å². The molecule has 2 rings (SSSR count). The average Bonchev–Trinajstić information content (AvgIpc) is 2.29. The first-order valence-corrected chi connectivity index (χ1v) is 6.46. The monoisotopic (exact) mass is 263 g/mol. The summed E-state index contributed by atoms with van der Waals surface area (Å²) in [5, 5.41) is 1.46. The summed E-state index contributed by atoms with van der Waals surface area (Å²) in [6.07, 6.45) is 0.451. The Morgan fingerprint density at radius 2 is 1.74 bits per heavy atom. The minimum Gasteiger partial charge on any atom is -0.399 e. The van der Waals surface area contributed by atoms with Gasteiger partial charge in [-0.3, -0.25) is 0 Å². The Morgan fingerprint density at radius 1 is 1.11 bits per heavy atom. The Hall–Kier alpha value is -1.64. The molecule has 0 saturated heterocycles. The molecule has 0 amide bonds. The number of nitrogen functional groups attached to an aromatic ring is 1. The Labute approximate surface area is 112 Å². The molecule has 19 heavy (non-hydrogen) atoms. The maximum Gasteiger partial charge on any atom is 0.162 e. The predicted molar refractivity (Wildman–Crippen MR) is 76.4 cm³/mol. The molecule has 0 aliphatic carbocycles. The Balaban J connectivity index is 3.01. The second-order valence-electron chi connectivity index (χ2n) is 5.92. The van der Waals surface area contributed by atoms with Crippen molar-refractivity contribution in [1.29, 1.82) is 0 Å². The highest BCUT2D eigenvalue weighted by atomic mass is 19.2. The fourth-order valence-corrected chi connectivity index (χ4v) is 2.52. The highest BCUT2D eigenvalue weighted by Crippen LogP contribution is 2.36. The zero-order valence-electron chi connectivity index (χ0n) is 11.8. The average molecular weight is 263 g/mol. The second kappa shape index (κ2) is 4.48. The maximum absolute atomic E-state index is 14.0. The van der Waals surface area contributed by atoms with Crippen molar-refractivity contribution in [2.45, 2.75) is 39.5 Å². The summed E-state index contributed by atoms with van der Waals surface area (Å²) in [4.78, 5) is 0. The summed E-state index contributed by atoms with van der Waals surface area (Å²) in [6, 6.07) is 4.79. The molecule has 0 atom stereocenters. The summed E-state index contributed by atoms with van der Waals surface area (Å²) in [5.41, 5.74) is 7.67. The van der Waals surface area contributed by atoms with E-state index in [0.717, 1.165) is 10.9 Å². The van der Waals surface area contributed by atoms with E-state index >= 15 is 0 Å². The van der Waals surface area contributed by atoms with Crippen LogP contribution in [-0.2, 0) is 11.8 Å². The fraction of sp³-hybridized carbons (Fsp3) is 0.375. The third-order valence-electron chi connectivity index (χ3n) is 3.41. The van der Waals surface area contributed by atoms with E-state index in [1.54, 1.807) is 6.07 Å². The number of fused-ring (bicyclic) bond motifs is 1. The molecule has 2 aromatic carbocycles. The number of hydrogen-bond donors (Lipinski definition) is 1. The van der Waals surface area contributed by atoms with Gasteiger partial charge in [0.05, 0.1) is 0 Å². The summed E-state index contributed by atoms with van der Waals surface area (Å²) < 4.78 is 27.6. The van der Waals surface area contributed by atoms with Crippen LogP contribution < -0.4 is 5.73 Å². The van der Waals surface area contributed by atoms with Gasteiger partial charge >= 0.3 is 0 Å². The summed E-state index contributed by atoms with van der Waals surface area (Å²) in [5.74, 6) is -1.56. The molecule has 1 nitrogen and oxygen atoms in total. The van der Waals surface area contributed by atoms with E-state index < -0.39 is 11.6 Å². The minimum atomic E-state index is -0.810. The lowest BCUT2D eigenvalue weighted by molar-refractivity contribution is 0.502. The Bertz CT molecular complexity index is 639. The van der Waals surface area contributed by atoms with Gasteiger partial charge in [0.1, 0.15) is 0 Å².